The van der Waals surface area contributed by atoms with Gasteiger partial charge in [-0.15, -0.1) is 0 Å². The monoisotopic (exact) mass is 414 g/mol. The van der Waals surface area contributed by atoms with E-state index in [0.717, 1.165) is 11.5 Å². The van der Waals surface area contributed by atoms with Crippen molar-refractivity contribution in [1.29, 1.82) is 0 Å². The van der Waals surface area contributed by atoms with Crippen molar-refractivity contribution >= 4 is 10.8 Å². The van der Waals surface area contributed by atoms with Gasteiger partial charge < -0.3 is 9.47 Å². The lowest BCUT2D eigenvalue weighted by Crippen LogP contribution is -1.89. The molecule has 6 rings (SSSR count). The summed E-state index contributed by atoms with van der Waals surface area (Å²) in [5.74, 6) is 1.73. The van der Waals surface area contributed by atoms with Gasteiger partial charge in [-0.3, -0.25) is 0 Å². The van der Waals surface area contributed by atoms with E-state index >= 15 is 0 Å². The van der Waals surface area contributed by atoms with Crippen LogP contribution in [0.15, 0.2) is 97.1 Å². The second-order valence-corrected chi connectivity index (χ2v) is 8.11. The van der Waals surface area contributed by atoms with E-state index in [-0.39, 0.29) is 0 Å². The normalized spacial score (nSPS) is 11.4. The minimum absolute atomic E-state index is 0.863. The zero-order valence-electron chi connectivity index (χ0n) is 18.1. The molecule has 2 nitrogen and oxygen atoms in total. The SMILES string of the molecule is COc1ccc(-c2cc(-c3ccc(OC)cc3)c3c(c2)-c2cccc4cccc-3c24)cc1. The van der Waals surface area contributed by atoms with Crippen molar-refractivity contribution in [3.8, 4) is 56.0 Å². The van der Waals surface area contributed by atoms with E-state index in [1.807, 2.05) is 24.3 Å². The molecule has 0 fully saturated rings. The minimum atomic E-state index is 0.863. The maximum absolute atomic E-state index is 5.40. The predicted octanol–water partition coefficient (Wildman–Crippen LogP) is 7.84. The van der Waals surface area contributed by atoms with Crippen molar-refractivity contribution in [1.82, 2.24) is 0 Å². The molecule has 0 aromatic heterocycles. The maximum atomic E-state index is 5.40. The molecule has 0 heterocycles. The molecule has 1 aliphatic carbocycles. The second kappa shape index (κ2) is 7.28. The van der Waals surface area contributed by atoms with Crippen molar-refractivity contribution in [3.63, 3.8) is 0 Å². The average molecular weight is 415 g/mol. The Labute approximate surface area is 187 Å². The fourth-order valence-corrected chi connectivity index (χ4v) is 4.87. The van der Waals surface area contributed by atoms with E-state index < -0.39 is 0 Å². The van der Waals surface area contributed by atoms with Crippen LogP contribution in [0.4, 0.5) is 0 Å². The van der Waals surface area contributed by atoms with Gasteiger partial charge in [0.2, 0.25) is 0 Å². The first-order valence-electron chi connectivity index (χ1n) is 10.8. The van der Waals surface area contributed by atoms with Gasteiger partial charge in [-0.1, -0.05) is 60.7 Å². The molecular formula is C30H22O2. The number of ether oxygens (including phenoxy) is 2. The summed E-state index contributed by atoms with van der Waals surface area (Å²) in [7, 11) is 3.40. The van der Waals surface area contributed by atoms with Crippen molar-refractivity contribution in [2.45, 2.75) is 0 Å². The highest BCUT2D eigenvalue weighted by molar-refractivity contribution is 6.18. The first-order valence-corrected chi connectivity index (χ1v) is 10.8. The quantitative estimate of drug-likeness (QED) is 0.292. The Balaban J connectivity index is 1.65. The van der Waals surface area contributed by atoms with Gasteiger partial charge in [0.05, 0.1) is 14.2 Å². The Morgan fingerprint density at radius 2 is 1.03 bits per heavy atom. The molecule has 0 amide bonds. The predicted molar refractivity (Wildman–Crippen MR) is 132 cm³/mol. The summed E-state index contributed by atoms with van der Waals surface area (Å²) in [5, 5.41) is 2.62. The average Bonchev–Trinajstić information content (AvgIpc) is 3.19. The zero-order valence-corrected chi connectivity index (χ0v) is 18.1. The topological polar surface area (TPSA) is 18.5 Å². The number of benzene rings is 5. The Morgan fingerprint density at radius 3 is 1.66 bits per heavy atom. The Bertz CT molecular complexity index is 1460. The van der Waals surface area contributed by atoms with Gasteiger partial charge in [0.25, 0.3) is 0 Å². The lowest BCUT2D eigenvalue weighted by Gasteiger charge is -2.15. The molecule has 154 valence electrons. The molecule has 32 heavy (non-hydrogen) atoms. The van der Waals surface area contributed by atoms with Gasteiger partial charge in [-0.05, 0) is 91.7 Å². The van der Waals surface area contributed by atoms with E-state index in [9.17, 15) is 0 Å². The van der Waals surface area contributed by atoms with Gasteiger partial charge in [0.15, 0.2) is 0 Å². The summed E-state index contributed by atoms with van der Waals surface area (Å²) < 4.78 is 10.8. The largest absolute Gasteiger partial charge is 0.497 e. The van der Waals surface area contributed by atoms with Crippen molar-refractivity contribution in [2.24, 2.45) is 0 Å². The number of hydrogen-bond donors (Lipinski definition) is 0. The number of methoxy groups -OCH3 is 2. The van der Waals surface area contributed by atoms with Crippen LogP contribution < -0.4 is 9.47 Å². The third-order valence-corrected chi connectivity index (χ3v) is 6.43. The molecule has 1 aliphatic rings. The van der Waals surface area contributed by atoms with Gasteiger partial charge in [-0.2, -0.15) is 0 Å². The molecule has 0 aliphatic heterocycles. The smallest absolute Gasteiger partial charge is 0.118 e. The van der Waals surface area contributed by atoms with E-state index in [0.29, 0.717) is 0 Å². The summed E-state index contributed by atoms with van der Waals surface area (Å²) in [6, 6.07) is 34.5. The fourth-order valence-electron chi connectivity index (χ4n) is 4.87. The Kier molecular flexibility index (Phi) is 4.26. The number of hydrogen-bond acceptors (Lipinski definition) is 2. The number of fused-ring (bicyclic) bond motifs is 3. The van der Waals surface area contributed by atoms with Crippen molar-refractivity contribution in [3.05, 3.63) is 97.1 Å². The van der Waals surface area contributed by atoms with E-state index in [1.165, 1.54) is 55.3 Å². The Hall–Kier alpha value is -4.04. The molecule has 0 radical (unpaired) electrons. The molecule has 0 unspecified atom stereocenters. The number of rotatable bonds is 4. The summed E-state index contributed by atoms with van der Waals surface area (Å²) in [6.07, 6.45) is 0. The zero-order chi connectivity index (χ0) is 21.7. The lowest BCUT2D eigenvalue weighted by molar-refractivity contribution is 0.415. The Morgan fingerprint density at radius 1 is 0.469 bits per heavy atom. The molecule has 0 bridgehead atoms. The third kappa shape index (κ3) is 2.80. The highest BCUT2D eigenvalue weighted by Crippen LogP contribution is 2.52. The van der Waals surface area contributed by atoms with E-state index in [1.54, 1.807) is 14.2 Å². The van der Waals surface area contributed by atoms with Crippen LogP contribution in [0.3, 0.4) is 0 Å². The van der Waals surface area contributed by atoms with Gasteiger partial charge >= 0.3 is 0 Å². The first kappa shape index (κ1) is 18.7. The van der Waals surface area contributed by atoms with E-state index in [2.05, 4.69) is 72.8 Å². The molecular weight excluding hydrogens is 392 g/mol. The molecule has 5 aromatic rings. The van der Waals surface area contributed by atoms with Crippen LogP contribution in [0.5, 0.6) is 11.5 Å². The summed E-state index contributed by atoms with van der Waals surface area (Å²) in [5.41, 5.74) is 9.99. The second-order valence-electron chi connectivity index (χ2n) is 8.11. The summed E-state index contributed by atoms with van der Waals surface area (Å²) >= 11 is 0. The molecule has 5 aromatic carbocycles. The van der Waals surface area contributed by atoms with Crippen LogP contribution in [0.2, 0.25) is 0 Å². The standard InChI is InChI=1S/C30H22O2/c1-31-23-13-9-19(10-14-23)22-17-27(20-11-15-24(32-2)16-12-20)30-26-8-4-6-21-5-3-7-25(29(21)26)28(30)18-22/h3-18H,1-2H3. The highest BCUT2D eigenvalue weighted by Gasteiger charge is 2.25. The van der Waals surface area contributed by atoms with Gasteiger partial charge in [0.1, 0.15) is 11.5 Å². The third-order valence-electron chi connectivity index (χ3n) is 6.43. The summed E-state index contributed by atoms with van der Waals surface area (Å²) in [6.45, 7) is 0. The van der Waals surface area contributed by atoms with Crippen molar-refractivity contribution < 1.29 is 9.47 Å². The molecule has 0 spiro atoms. The molecule has 0 N–H and O–H groups in total. The van der Waals surface area contributed by atoms with Crippen molar-refractivity contribution in [2.75, 3.05) is 14.2 Å². The van der Waals surface area contributed by atoms with E-state index in [4.69, 9.17) is 9.47 Å². The fraction of sp³-hybridized carbons (Fsp3) is 0.0667. The van der Waals surface area contributed by atoms with Crippen LogP contribution in [-0.2, 0) is 0 Å². The maximum Gasteiger partial charge on any atom is 0.118 e. The minimum Gasteiger partial charge on any atom is -0.497 e. The molecule has 2 heteroatoms. The van der Waals surface area contributed by atoms with Gasteiger partial charge in [0, 0.05) is 0 Å². The molecule has 0 saturated heterocycles. The molecule has 0 atom stereocenters. The van der Waals surface area contributed by atoms with Crippen LogP contribution in [0, 0.1) is 0 Å². The first-order chi connectivity index (χ1) is 15.8. The van der Waals surface area contributed by atoms with Gasteiger partial charge in [-0.25, -0.2) is 0 Å². The van der Waals surface area contributed by atoms with Crippen LogP contribution in [0.25, 0.3) is 55.3 Å². The summed E-state index contributed by atoms with van der Waals surface area (Å²) in [4.78, 5) is 0. The van der Waals surface area contributed by atoms with Crippen LogP contribution >= 0.6 is 0 Å². The van der Waals surface area contributed by atoms with Crippen LogP contribution in [0.1, 0.15) is 0 Å². The molecule has 0 saturated carbocycles. The lowest BCUT2D eigenvalue weighted by atomic mass is 9.89. The van der Waals surface area contributed by atoms with Crippen LogP contribution in [-0.4, -0.2) is 14.2 Å². The highest BCUT2D eigenvalue weighted by atomic mass is 16.5.